The maximum atomic E-state index is 4.82. The Morgan fingerprint density at radius 2 is 1.18 bits per heavy atom. The number of rotatable bonds is 3. The smallest absolute Gasteiger partial charge is 0.0762 e. The minimum atomic E-state index is 0.918. The summed E-state index contributed by atoms with van der Waals surface area (Å²) >= 11 is 0. The van der Waals surface area contributed by atoms with Gasteiger partial charge in [0.1, 0.15) is 0 Å². The normalized spacial score (nSPS) is 11.7. The van der Waals surface area contributed by atoms with Crippen LogP contribution in [0.3, 0.4) is 0 Å². The molecule has 4 heterocycles. The topological polar surface area (TPSA) is 35.1 Å². The van der Waals surface area contributed by atoms with Gasteiger partial charge in [-0.2, -0.15) is 5.10 Å². The monoisotopic (exact) mass is 486 g/mol. The SMILES string of the molecule is c1ccc2cn3ncc(-c4ccc(-c5ccc(-n6c7ccccc7c7ccccc76)cc5)cn4)c3cc2c1. The van der Waals surface area contributed by atoms with E-state index in [0.717, 1.165) is 33.6 Å². The van der Waals surface area contributed by atoms with Crippen molar-refractivity contribution in [3.63, 3.8) is 0 Å². The molecule has 0 saturated heterocycles. The number of para-hydroxylation sites is 2. The fraction of sp³-hybridized carbons (Fsp3) is 0. The van der Waals surface area contributed by atoms with Gasteiger partial charge >= 0.3 is 0 Å². The van der Waals surface area contributed by atoms with Crippen LogP contribution in [0.4, 0.5) is 0 Å². The molecule has 8 rings (SSSR count). The van der Waals surface area contributed by atoms with E-state index in [1.807, 2.05) is 23.0 Å². The average molecular weight is 487 g/mol. The molecule has 178 valence electrons. The number of fused-ring (bicyclic) bond motifs is 5. The Balaban J connectivity index is 1.16. The summed E-state index contributed by atoms with van der Waals surface area (Å²) in [5.74, 6) is 0. The first-order valence-electron chi connectivity index (χ1n) is 12.8. The molecule has 8 aromatic rings. The van der Waals surface area contributed by atoms with Gasteiger partial charge in [0.15, 0.2) is 0 Å². The molecule has 38 heavy (non-hydrogen) atoms. The van der Waals surface area contributed by atoms with E-state index in [1.54, 1.807) is 0 Å². The van der Waals surface area contributed by atoms with Crippen molar-refractivity contribution >= 4 is 38.1 Å². The molecular formula is C34H22N4. The lowest BCUT2D eigenvalue weighted by Crippen LogP contribution is -1.93. The minimum Gasteiger partial charge on any atom is -0.309 e. The lowest BCUT2D eigenvalue weighted by Gasteiger charge is -2.09. The Morgan fingerprint density at radius 1 is 0.526 bits per heavy atom. The van der Waals surface area contributed by atoms with E-state index < -0.39 is 0 Å². The van der Waals surface area contributed by atoms with E-state index in [4.69, 9.17) is 4.98 Å². The van der Waals surface area contributed by atoms with Crippen molar-refractivity contribution < 1.29 is 0 Å². The van der Waals surface area contributed by atoms with Gasteiger partial charge in [-0.3, -0.25) is 4.98 Å². The van der Waals surface area contributed by atoms with Gasteiger partial charge in [0.25, 0.3) is 0 Å². The summed E-state index contributed by atoms with van der Waals surface area (Å²) in [6.45, 7) is 0. The van der Waals surface area contributed by atoms with Gasteiger partial charge in [-0.1, -0.05) is 78.9 Å². The zero-order chi connectivity index (χ0) is 25.1. The largest absolute Gasteiger partial charge is 0.309 e. The molecule has 0 saturated carbocycles. The Bertz CT molecular complexity index is 2060. The van der Waals surface area contributed by atoms with Gasteiger partial charge in [0.2, 0.25) is 0 Å². The molecule has 0 bridgehead atoms. The molecule has 0 unspecified atom stereocenters. The standard InChI is InChI=1S/C34H22N4/c1-2-8-26-22-37-34(19-24(26)7-1)30(21-36-37)31-18-15-25(20-35-31)23-13-16-27(17-14-23)38-32-11-5-3-9-28(32)29-10-4-6-12-33(29)38/h1-22H. The first-order chi connectivity index (χ1) is 18.8. The lowest BCUT2D eigenvalue weighted by atomic mass is 10.1. The zero-order valence-corrected chi connectivity index (χ0v) is 20.5. The second kappa shape index (κ2) is 8.15. The van der Waals surface area contributed by atoms with Crippen molar-refractivity contribution in [2.75, 3.05) is 0 Å². The summed E-state index contributed by atoms with van der Waals surface area (Å²) in [6.07, 6.45) is 5.92. The van der Waals surface area contributed by atoms with Crippen LogP contribution < -0.4 is 0 Å². The van der Waals surface area contributed by atoms with Crippen molar-refractivity contribution in [2.24, 2.45) is 0 Å². The van der Waals surface area contributed by atoms with Crippen molar-refractivity contribution in [1.82, 2.24) is 19.2 Å². The van der Waals surface area contributed by atoms with Gasteiger partial charge in [-0.05, 0) is 47.3 Å². The molecule has 0 N–H and O–H groups in total. The predicted octanol–water partition coefficient (Wildman–Crippen LogP) is 8.31. The van der Waals surface area contributed by atoms with Crippen LogP contribution in [0.5, 0.6) is 0 Å². The molecule has 0 atom stereocenters. The molecule has 4 aromatic heterocycles. The van der Waals surface area contributed by atoms with Crippen LogP contribution in [0.2, 0.25) is 0 Å². The Hall–Kier alpha value is -5.22. The molecule has 0 spiro atoms. The van der Waals surface area contributed by atoms with Crippen LogP contribution in [0, 0.1) is 0 Å². The molecule has 4 nitrogen and oxygen atoms in total. The summed E-state index contributed by atoms with van der Waals surface area (Å²) in [4.78, 5) is 4.82. The highest BCUT2D eigenvalue weighted by molar-refractivity contribution is 6.09. The van der Waals surface area contributed by atoms with Crippen LogP contribution in [-0.4, -0.2) is 19.2 Å². The van der Waals surface area contributed by atoms with Crippen LogP contribution in [0.25, 0.3) is 66.2 Å². The van der Waals surface area contributed by atoms with Gasteiger partial charge in [-0.25, -0.2) is 4.52 Å². The third-order valence-corrected chi connectivity index (χ3v) is 7.46. The van der Waals surface area contributed by atoms with E-state index in [0.29, 0.717) is 0 Å². The number of pyridine rings is 2. The maximum Gasteiger partial charge on any atom is 0.0762 e. The minimum absolute atomic E-state index is 0.918. The van der Waals surface area contributed by atoms with Crippen molar-refractivity contribution in [3.05, 3.63) is 134 Å². The Labute approximate surface area is 219 Å². The quantitative estimate of drug-likeness (QED) is 0.252. The van der Waals surface area contributed by atoms with Gasteiger partial charge in [-0.15, -0.1) is 0 Å². The highest BCUT2D eigenvalue weighted by atomic mass is 15.2. The third-order valence-electron chi connectivity index (χ3n) is 7.46. The second-order valence-electron chi connectivity index (χ2n) is 9.64. The molecule has 0 amide bonds. The van der Waals surface area contributed by atoms with Crippen LogP contribution in [0.1, 0.15) is 0 Å². The number of hydrogen-bond acceptors (Lipinski definition) is 2. The predicted molar refractivity (Wildman–Crippen MR) is 156 cm³/mol. The third kappa shape index (κ3) is 3.17. The molecule has 0 fully saturated rings. The fourth-order valence-corrected chi connectivity index (χ4v) is 5.58. The summed E-state index contributed by atoms with van der Waals surface area (Å²) in [5.41, 5.74) is 8.81. The number of aromatic nitrogens is 4. The summed E-state index contributed by atoms with van der Waals surface area (Å²) in [6, 6.07) is 40.7. The van der Waals surface area contributed by atoms with Gasteiger partial charge < -0.3 is 4.57 Å². The van der Waals surface area contributed by atoms with Crippen LogP contribution >= 0.6 is 0 Å². The lowest BCUT2D eigenvalue weighted by molar-refractivity contribution is 0.970. The van der Waals surface area contributed by atoms with Crippen LogP contribution in [-0.2, 0) is 0 Å². The molecule has 0 aliphatic rings. The van der Waals surface area contributed by atoms with Crippen molar-refractivity contribution in [2.45, 2.75) is 0 Å². The first kappa shape index (κ1) is 20.9. The maximum absolute atomic E-state index is 4.82. The highest BCUT2D eigenvalue weighted by Crippen LogP contribution is 2.33. The Kier molecular flexibility index (Phi) is 4.49. The average Bonchev–Trinajstić information content (AvgIpc) is 3.55. The number of nitrogens with zero attached hydrogens (tertiary/aromatic N) is 4. The second-order valence-corrected chi connectivity index (χ2v) is 9.64. The van der Waals surface area contributed by atoms with E-state index in [9.17, 15) is 0 Å². The molecule has 0 aliphatic carbocycles. The van der Waals surface area contributed by atoms with Crippen molar-refractivity contribution in [1.29, 1.82) is 0 Å². The van der Waals surface area contributed by atoms with Crippen molar-refractivity contribution in [3.8, 4) is 28.1 Å². The summed E-state index contributed by atoms with van der Waals surface area (Å²) in [5, 5.41) is 9.48. The van der Waals surface area contributed by atoms with E-state index in [1.165, 1.54) is 32.6 Å². The number of benzene rings is 4. The van der Waals surface area contributed by atoms with Gasteiger partial charge in [0, 0.05) is 45.4 Å². The van der Waals surface area contributed by atoms with Gasteiger partial charge in [0.05, 0.1) is 28.4 Å². The number of hydrogen-bond donors (Lipinski definition) is 0. The highest BCUT2D eigenvalue weighted by Gasteiger charge is 2.12. The van der Waals surface area contributed by atoms with E-state index >= 15 is 0 Å². The first-order valence-corrected chi connectivity index (χ1v) is 12.8. The van der Waals surface area contributed by atoms with E-state index in [-0.39, 0.29) is 0 Å². The van der Waals surface area contributed by atoms with Crippen LogP contribution in [0.15, 0.2) is 134 Å². The summed E-state index contributed by atoms with van der Waals surface area (Å²) < 4.78 is 4.27. The molecular weight excluding hydrogens is 464 g/mol. The summed E-state index contributed by atoms with van der Waals surface area (Å²) in [7, 11) is 0. The fourth-order valence-electron chi connectivity index (χ4n) is 5.58. The zero-order valence-electron chi connectivity index (χ0n) is 20.5. The Morgan fingerprint density at radius 3 is 1.89 bits per heavy atom. The molecule has 0 aliphatic heterocycles. The molecule has 0 radical (unpaired) electrons. The molecule has 4 aromatic carbocycles. The molecule has 4 heteroatoms. The van der Waals surface area contributed by atoms with E-state index in [2.05, 4.69) is 125 Å².